The van der Waals surface area contributed by atoms with Crippen LogP contribution in [-0.2, 0) is 4.74 Å². The van der Waals surface area contributed by atoms with E-state index in [1.165, 1.54) is 5.56 Å². The average molecular weight is 466 g/mol. The van der Waals surface area contributed by atoms with Crippen LogP contribution >= 0.6 is 24.0 Å². The van der Waals surface area contributed by atoms with Gasteiger partial charge in [-0.25, -0.2) is 4.98 Å². The third kappa shape index (κ3) is 5.41. The lowest BCUT2D eigenvalue weighted by atomic mass is 9.76. The molecule has 140 valence electrons. The van der Waals surface area contributed by atoms with Crippen LogP contribution in [-0.4, -0.2) is 30.2 Å². The number of hydrogen-bond acceptors (Lipinski definition) is 3. The maximum atomic E-state index is 6.00. The van der Waals surface area contributed by atoms with Gasteiger partial charge in [0.2, 0.25) is 0 Å². The fourth-order valence-corrected chi connectivity index (χ4v) is 3.47. The van der Waals surface area contributed by atoms with Crippen LogP contribution < -0.4 is 11.1 Å². The van der Waals surface area contributed by atoms with Crippen LogP contribution in [0.3, 0.4) is 0 Å². The van der Waals surface area contributed by atoms with Crippen molar-refractivity contribution in [1.29, 1.82) is 0 Å². The second-order valence-electron chi connectivity index (χ2n) is 6.61. The smallest absolute Gasteiger partial charge is 0.194 e. The van der Waals surface area contributed by atoms with Crippen LogP contribution in [0.1, 0.15) is 37.2 Å². The number of halogens is 1. The lowest BCUT2D eigenvalue weighted by Gasteiger charge is -2.38. The van der Waals surface area contributed by atoms with Crippen molar-refractivity contribution >= 4 is 35.8 Å². The van der Waals surface area contributed by atoms with Crippen LogP contribution in [0.5, 0.6) is 0 Å². The van der Waals surface area contributed by atoms with Gasteiger partial charge < -0.3 is 15.8 Å². The maximum absolute atomic E-state index is 6.00. The van der Waals surface area contributed by atoms with E-state index < -0.39 is 0 Å². The standard InChI is InChI=1S/C20H26N4O.HI/c1-25-20(15-23-19(21)24-18-9-5-6-14-22-18)12-10-17(11-13-20)16-7-3-2-4-8-16;/h2-9,14,17H,10-13,15H2,1H3,(H3,21,22,23,24);1H. The Kier molecular flexibility index (Phi) is 7.84. The SMILES string of the molecule is COC1(CN=C(N)Nc2ccccn2)CCC(c2ccccc2)CC1.I. The molecule has 2 aromatic rings. The second-order valence-corrected chi connectivity index (χ2v) is 6.61. The first-order valence-electron chi connectivity index (χ1n) is 8.79. The highest BCUT2D eigenvalue weighted by Gasteiger charge is 2.35. The number of anilines is 1. The number of aromatic nitrogens is 1. The summed E-state index contributed by atoms with van der Waals surface area (Å²) >= 11 is 0. The molecule has 1 aliphatic rings. The summed E-state index contributed by atoms with van der Waals surface area (Å²) in [5, 5.41) is 3.02. The average Bonchev–Trinajstić information content (AvgIpc) is 2.68. The molecule has 0 aliphatic heterocycles. The van der Waals surface area contributed by atoms with E-state index in [2.05, 4.69) is 45.6 Å². The molecule has 0 radical (unpaired) electrons. The minimum absolute atomic E-state index is 0. The number of guanidine groups is 1. The topological polar surface area (TPSA) is 72.5 Å². The summed E-state index contributed by atoms with van der Waals surface area (Å²) in [7, 11) is 1.78. The highest BCUT2D eigenvalue weighted by molar-refractivity contribution is 14.0. The first-order chi connectivity index (χ1) is 12.2. The monoisotopic (exact) mass is 466 g/mol. The van der Waals surface area contributed by atoms with E-state index in [1.807, 2.05) is 18.2 Å². The molecule has 1 aliphatic carbocycles. The van der Waals surface area contributed by atoms with Gasteiger partial charge >= 0.3 is 0 Å². The van der Waals surface area contributed by atoms with Gasteiger partial charge in [0.25, 0.3) is 0 Å². The zero-order chi connectivity index (χ0) is 17.5. The van der Waals surface area contributed by atoms with E-state index in [0.29, 0.717) is 24.2 Å². The first kappa shape index (κ1) is 20.6. The zero-order valence-corrected chi connectivity index (χ0v) is 17.4. The van der Waals surface area contributed by atoms with Crippen LogP contribution in [0.4, 0.5) is 5.82 Å². The lowest BCUT2D eigenvalue weighted by molar-refractivity contribution is -0.0346. The Balaban J connectivity index is 0.00000243. The molecule has 6 heteroatoms. The number of nitrogens with zero attached hydrogens (tertiary/aromatic N) is 2. The number of benzene rings is 1. The predicted octanol–water partition coefficient (Wildman–Crippen LogP) is 4.17. The van der Waals surface area contributed by atoms with Gasteiger partial charge in [-0.05, 0) is 49.3 Å². The summed E-state index contributed by atoms with van der Waals surface area (Å²) in [6, 6.07) is 16.4. The summed E-state index contributed by atoms with van der Waals surface area (Å²) < 4.78 is 5.86. The van der Waals surface area contributed by atoms with Crippen molar-refractivity contribution in [3.63, 3.8) is 0 Å². The molecule has 1 heterocycles. The van der Waals surface area contributed by atoms with E-state index in [4.69, 9.17) is 10.5 Å². The number of rotatable bonds is 5. The molecule has 0 atom stereocenters. The highest BCUT2D eigenvalue weighted by atomic mass is 127. The number of nitrogens with two attached hydrogens (primary N) is 1. The van der Waals surface area contributed by atoms with Crippen LogP contribution in [0.25, 0.3) is 0 Å². The second kappa shape index (κ2) is 9.87. The van der Waals surface area contributed by atoms with Crippen molar-refractivity contribution in [2.75, 3.05) is 19.0 Å². The Morgan fingerprint density at radius 2 is 1.88 bits per heavy atom. The van der Waals surface area contributed by atoms with Crippen molar-refractivity contribution in [3.8, 4) is 0 Å². The molecule has 0 unspecified atom stereocenters. The first-order valence-corrected chi connectivity index (χ1v) is 8.79. The number of methoxy groups -OCH3 is 1. The molecule has 0 saturated heterocycles. The Morgan fingerprint density at radius 1 is 1.19 bits per heavy atom. The van der Waals surface area contributed by atoms with E-state index in [0.717, 1.165) is 25.7 Å². The molecule has 1 aromatic carbocycles. The van der Waals surface area contributed by atoms with Crippen molar-refractivity contribution < 1.29 is 4.74 Å². The Labute approximate surface area is 172 Å². The quantitative estimate of drug-likeness (QED) is 0.394. The molecule has 3 N–H and O–H groups in total. The summed E-state index contributed by atoms with van der Waals surface area (Å²) in [6.45, 7) is 0.566. The maximum Gasteiger partial charge on any atom is 0.194 e. The molecule has 0 spiro atoms. The molecular formula is C20H27IN4O. The van der Waals surface area contributed by atoms with Gasteiger partial charge in [0, 0.05) is 13.3 Å². The number of aliphatic imine (C=N–C) groups is 1. The normalized spacial score (nSPS) is 23.1. The summed E-state index contributed by atoms with van der Waals surface area (Å²) in [4.78, 5) is 8.69. The van der Waals surface area contributed by atoms with Gasteiger partial charge in [-0.3, -0.25) is 4.99 Å². The van der Waals surface area contributed by atoms with E-state index >= 15 is 0 Å². The third-order valence-corrected chi connectivity index (χ3v) is 5.06. The summed E-state index contributed by atoms with van der Waals surface area (Å²) in [5.74, 6) is 1.68. The van der Waals surface area contributed by atoms with Crippen molar-refractivity contribution in [1.82, 2.24) is 4.98 Å². The predicted molar refractivity (Wildman–Crippen MR) is 117 cm³/mol. The van der Waals surface area contributed by atoms with E-state index in [9.17, 15) is 0 Å². The molecule has 1 aromatic heterocycles. The number of nitrogens with one attached hydrogen (secondary N) is 1. The van der Waals surface area contributed by atoms with Crippen molar-refractivity contribution in [2.24, 2.45) is 10.7 Å². The van der Waals surface area contributed by atoms with Crippen LogP contribution in [0, 0.1) is 0 Å². The van der Waals surface area contributed by atoms with Gasteiger partial charge in [0.1, 0.15) is 5.82 Å². The largest absolute Gasteiger partial charge is 0.376 e. The zero-order valence-electron chi connectivity index (χ0n) is 15.1. The molecule has 0 bridgehead atoms. The molecule has 26 heavy (non-hydrogen) atoms. The molecule has 0 amide bonds. The number of pyridine rings is 1. The molecular weight excluding hydrogens is 439 g/mol. The van der Waals surface area contributed by atoms with Gasteiger partial charge in [0.05, 0.1) is 12.1 Å². The summed E-state index contributed by atoms with van der Waals surface area (Å²) in [6.07, 6.45) is 5.92. The molecule has 5 nitrogen and oxygen atoms in total. The Bertz CT molecular complexity index is 685. The fourth-order valence-electron chi connectivity index (χ4n) is 3.47. The van der Waals surface area contributed by atoms with E-state index in [-0.39, 0.29) is 29.6 Å². The highest BCUT2D eigenvalue weighted by Crippen LogP contribution is 2.39. The molecule has 1 fully saturated rings. The Morgan fingerprint density at radius 3 is 2.50 bits per heavy atom. The fraction of sp³-hybridized carbons (Fsp3) is 0.400. The third-order valence-electron chi connectivity index (χ3n) is 5.06. The Hall–Kier alpha value is -1.67. The van der Waals surface area contributed by atoms with Crippen LogP contribution in [0.15, 0.2) is 59.7 Å². The van der Waals surface area contributed by atoms with Crippen molar-refractivity contribution in [3.05, 3.63) is 60.3 Å². The van der Waals surface area contributed by atoms with Gasteiger partial charge in [-0.2, -0.15) is 0 Å². The molecule has 1 saturated carbocycles. The van der Waals surface area contributed by atoms with Gasteiger partial charge in [-0.15, -0.1) is 24.0 Å². The van der Waals surface area contributed by atoms with Gasteiger partial charge in [0.15, 0.2) is 5.96 Å². The minimum Gasteiger partial charge on any atom is -0.376 e. The van der Waals surface area contributed by atoms with E-state index in [1.54, 1.807) is 13.3 Å². The van der Waals surface area contributed by atoms with Crippen molar-refractivity contribution in [2.45, 2.75) is 37.2 Å². The van der Waals surface area contributed by atoms with Crippen LogP contribution in [0.2, 0.25) is 0 Å². The minimum atomic E-state index is -0.221. The number of hydrogen-bond donors (Lipinski definition) is 2. The lowest BCUT2D eigenvalue weighted by Crippen LogP contribution is -2.40. The van der Waals surface area contributed by atoms with Gasteiger partial charge in [-0.1, -0.05) is 36.4 Å². The summed E-state index contributed by atoms with van der Waals surface area (Å²) in [5.41, 5.74) is 7.20. The number of ether oxygens (including phenoxy) is 1. The molecule has 3 rings (SSSR count).